The van der Waals surface area contributed by atoms with Gasteiger partial charge < -0.3 is 4.74 Å². The van der Waals surface area contributed by atoms with Crippen LogP contribution in [0.5, 0.6) is 0 Å². The fourth-order valence-corrected chi connectivity index (χ4v) is 4.26. The van der Waals surface area contributed by atoms with E-state index in [1.165, 1.54) is 16.7 Å². The van der Waals surface area contributed by atoms with Crippen molar-refractivity contribution >= 4 is 17.2 Å². The summed E-state index contributed by atoms with van der Waals surface area (Å²) in [7, 11) is 1.87. The minimum absolute atomic E-state index is 0.447. The Hall–Kier alpha value is -4.17. The molecule has 0 spiro atoms. The molecule has 0 N–H and O–H groups in total. The van der Waals surface area contributed by atoms with E-state index in [1.54, 1.807) is 0 Å². The first-order chi connectivity index (χ1) is 17.5. The monoisotopic (exact) mass is 471 g/mol. The van der Waals surface area contributed by atoms with Gasteiger partial charge in [0.15, 0.2) is 0 Å². The molecule has 2 heteroatoms. The zero-order valence-corrected chi connectivity index (χ0v) is 21.4. The molecule has 0 radical (unpaired) electrons. The number of rotatable bonds is 9. The highest BCUT2D eigenvalue weighted by Gasteiger charge is 2.11. The van der Waals surface area contributed by atoms with Crippen LogP contribution in [0.15, 0.2) is 121 Å². The van der Waals surface area contributed by atoms with Gasteiger partial charge in [0.1, 0.15) is 11.5 Å². The van der Waals surface area contributed by atoms with Crippen LogP contribution < -0.4 is 0 Å². The van der Waals surface area contributed by atoms with Crippen molar-refractivity contribution in [1.29, 1.82) is 0 Å². The van der Waals surface area contributed by atoms with E-state index in [2.05, 4.69) is 92.7 Å². The van der Waals surface area contributed by atoms with E-state index in [9.17, 15) is 0 Å². The number of ether oxygens (including phenoxy) is 1. The first-order valence-corrected chi connectivity index (χ1v) is 12.4. The molecule has 0 aliphatic carbocycles. The Labute approximate surface area is 215 Å². The quantitative estimate of drug-likeness (QED) is 0.176. The van der Waals surface area contributed by atoms with Crippen LogP contribution in [-0.2, 0) is 4.74 Å². The van der Waals surface area contributed by atoms with Crippen molar-refractivity contribution < 1.29 is 4.74 Å². The van der Waals surface area contributed by atoms with Gasteiger partial charge >= 0.3 is 0 Å². The van der Waals surface area contributed by atoms with Gasteiger partial charge in [-0.2, -0.15) is 0 Å². The minimum Gasteiger partial charge on any atom is -0.457 e. The number of hydrogen-bond donors (Lipinski definition) is 0. The third-order valence-corrected chi connectivity index (χ3v) is 6.60. The van der Waals surface area contributed by atoms with Crippen LogP contribution in [0.1, 0.15) is 37.0 Å². The summed E-state index contributed by atoms with van der Waals surface area (Å²) in [5.41, 5.74) is 8.85. The lowest BCUT2D eigenvalue weighted by molar-refractivity contribution is 0.474. The Kier molecular flexibility index (Phi) is 7.97. The SMILES string of the molecule is C=C(OC(=C)c1ccc(-c2ccc(C(=NC)C(C)CC)cc2)cc1)c1ccc(-c2ccccc2)cc1. The smallest absolute Gasteiger partial charge is 0.127 e. The molecule has 4 rings (SSSR count). The van der Waals surface area contributed by atoms with E-state index >= 15 is 0 Å². The molecular formula is C34H33NO. The molecule has 1 atom stereocenters. The molecule has 4 aromatic rings. The summed E-state index contributed by atoms with van der Waals surface area (Å²) in [6.45, 7) is 12.7. The second kappa shape index (κ2) is 11.5. The molecule has 0 saturated carbocycles. The van der Waals surface area contributed by atoms with Crippen LogP contribution in [0.2, 0.25) is 0 Å². The maximum absolute atomic E-state index is 6.00. The fraction of sp³-hybridized carbons (Fsp3) is 0.147. The van der Waals surface area contributed by atoms with Crippen LogP contribution in [0.3, 0.4) is 0 Å². The lowest BCUT2D eigenvalue weighted by atomic mass is 9.94. The number of nitrogens with zero attached hydrogens (tertiary/aromatic N) is 1. The van der Waals surface area contributed by atoms with E-state index < -0.39 is 0 Å². The summed E-state index contributed by atoms with van der Waals surface area (Å²) in [5.74, 6) is 1.60. The van der Waals surface area contributed by atoms with Crippen molar-refractivity contribution in [2.24, 2.45) is 10.9 Å². The molecule has 0 aliphatic heterocycles. The normalized spacial score (nSPS) is 12.1. The Morgan fingerprint density at radius 1 is 0.639 bits per heavy atom. The Morgan fingerprint density at radius 2 is 1.03 bits per heavy atom. The van der Waals surface area contributed by atoms with Gasteiger partial charge in [-0.25, -0.2) is 0 Å². The number of benzene rings is 4. The van der Waals surface area contributed by atoms with E-state index in [1.807, 2.05) is 49.5 Å². The Bertz CT molecular complexity index is 1350. The van der Waals surface area contributed by atoms with E-state index in [-0.39, 0.29) is 0 Å². The molecule has 36 heavy (non-hydrogen) atoms. The van der Waals surface area contributed by atoms with Crippen LogP contribution in [-0.4, -0.2) is 12.8 Å². The van der Waals surface area contributed by atoms with Gasteiger partial charge in [-0.3, -0.25) is 4.99 Å². The van der Waals surface area contributed by atoms with Crippen molar-refractivity contribution in [2.75, 3.05) is 7.05 Å². The van der Waals surface area contributed by atoms with Crippen molar-refractivity contribution in [2.45, 2.75) is 20.3 Å². The van der Waals surface area contributed by atoms with Crippen molar-refractivity contribution in [3.63, 3.8) is 0 Å². The van der Waals surface area contributed by atoms with Crippen molar-refractivity contribution in [1.82, 2.24) is 0 Å². The lowest BCUT2D eigenvalue weighted by Gasteiger charge is -2.14. The molecule has 180 valence electrons. The molecule has 2 nitrogen and oxygen atoms in total. The standard InChI is InChI=1S/C34H33NO/c1-6-24(2)34(35-5)33-22-20-32(21-23-33)31-18-14-28(15-19-31)26(4)36-25(3)27-12-16-30(17-13-27)29-10-8-7-9-11-29/h7-24H,3-4,6H2,1-2,5H3. The number of hydrogen-bond acceptors (Lipinski definition) is 2. The van der Waals surface area contributed by atoms with Crippen LogP contribution in [0.25, 0.3) is 33.8 Å². The van der Waals surface area contributed by atoms with Crippen LogP contribution in [0, 0.1) is 5.92 Å². The maximum atomic E-state index is 6.00. The van der Waals surface area contributed by atoms with Gasteiger partial charge in [0.25, 0.3) is 0 Å². The third kappa shape index (κ3) is 5.72. The summed E-state index contributed by atoms with van der Waals surface area (Å²) in [5, 5.41) is 0. The Balaban J connectivity index is 1.41. The molecule has 0 fully saturated rings. The van der Waals surface area contributed by atoms with E-state index in [4.69, 9.17) is 4.74 Å². The summed E-state index contributed by atoms with van der Waals surface area (Å²) < 4.78 is 6.00. The zero-order valence-electron chi connectivity index (χ0n) is 21.4. The number of aliphatic imine (C=N–C) groups is 1. The first kappa shape index (κ1) is 24.9. The predicted molar refractivity (Wildman–Crippen MR) is 155 cm³/mol. The van der Waals surface area contributed by atoms with Gasteiger partial charge in [-0.1, -0.05) is 130 Å². The van der Waals surface area contributed by atoms with Gasteiger partial charge in [0.05, 0.1) is 0 Å². The molecule has 0 aliphatic rings. The molecule has 0 bridgehead atoms. The molecule has 0 saturated heterocycles. The predicted octanol–water partition coefficient (Wildman–Crippen LogP) is 9.14. The van der Waals surface area contributed by atoms with Gasteiger partial charge in [0, 0.05) is 23.9 Å². The highest BCUT2D eigenvalue weighted by atomic mass is 16.5. The largest absolute Gasteiger partial charge is 0.457 e. The van der Waals surface area contributed by atoms with Crippen molar-refractivity contribution in [3.05, 3.63) is 133 Å². The van der Waals surface area contributed by atoms with Crippen LogP contribution in [0.4, 0.5) is 0 Å². The first-order valence-electron chi connectivity index (χ1n) is 12.4. The second-order valence-electron chi connectivity index (χ2n) is 8.96. The highest BCUT2D eigenvalue weighted by Crippen LogP contribution is 2.28. The Morgan fingerprint density at radius 3 is 1.42 bits per heavy atom. The van der Waals surface area contributed by atoms with E-state index in [0.717, 1.165) is 34.4 Å². The average molecular weight is 472 g/mol. The maximum Gasteiger partial charge on any atom is 0.127 e. The summed E-state index contributed by atoms with van der Waals surface area (Å²) >= 11 is 0. The van der Waals surface area contributed by atoms with Gasteiger partial charge in [-0.05, 0) is 40.2 Å². The average Bonchev–Trinajstić information content (AvgIpc) is 2.94. The second-order valence-corrected chi connectivity index (χ2v) is 8.96. The fourth-order valence-electron chi connectivity index (χ4n) is 4.26. The molecule has 0 heterocycles. The molecule has 0 aromatic heterocycles. The van der Waals surface area contributed by atoms with Gasteiger partial charge in [0.2, 0.25) is 0 Å². The molecule has 1 unspecified atom stereocenters. The lowest BCUT2D eigenvalue weighted by Crippen LogP contribution is -2.11. The highest BCUT2D eigenvalue weighted by molar-refractivity contribution is 6.02. The summed E-state index contributed by atoms with van der Waals surface area (Å²) in [4.78, 5) is 4.51. The topological polar surface area (TPSA) is 21.6 Å². The third-order valence-electron chi connectivity index (χ3n) is 6.60. The summed E-state index contributed by atoms with van der Waals surface area (Å²) in [6.07, 6.45) is 1.08. The van der Waals surface area contributed by atoms with Crippen molar-refractivity contribution in [3.8, 4) is 22.3 Å². The zero-order chi connectivity index (χ0) is 25.5. The van der Waals surface area contributed by atoms with E-state index in [0.29, 0.717) is 17.4 Å². The van der Waals surface area contributed by atoms with Crippen LogP contribution >= 0.6 is 0 Å². The molecule has 4 aromatic carbocycles. The molecule has 0 amide bonds. The minimum atomic E-state index is 0.447. The van der Waals surface area contributed by atoms with Gasteiger partial charge in [-0.15, -0.1) is 0 Å². The molecular weight excluding hydrogens is 438 g/mol. The summed E-state index contributed by atoms with van der Waals surface area (Å²) in [6, 6.07) is 35.4.